The molecule has 1 aliphatic heterocycles. The van der Waals surface area contributed by atoms with Crippen molar-refractivity contribution in [3.63, 3.8) is 0 Å². The molecule has 2 atom stereocenters. The van der Waals surface area contributed by atoms with Crippen LogP contribution in [0.1, 0.15) is 25.3 Å². The van der Waals surface area contributed by atoms with Gasteiger partial charge in [0.1, 0.15) is 0 Å². The highest BCUT2D eigenvalue weighted by Crippen LogP contribution is 2.26. The zero-order valence-electron chi connectivity index (χ0n) is 13.3. The Morgan fingerprint density at radius 3 is 2.75 bits per heavy atom. The summed E-state index contributed by atoms with van der Waals surface area (Å²) in [6.07, 6.45) is 4.79. The van der Waals surface area contributed by atoms with E-state index < -0.39 is 0 Å². The third-order valence-corrected chi connectivity index (χ3v) is 5.07. The second kappa shape index (κ2) is 7.48. The van der Waals surface area contributed by atoms with Gasteiger partial charge in [0.05, 0.1) is 0 Å². The van der Waals surface area contributed by atoms with Gasteiger partial charge in [-0.2, -0.15) is 0 Å². The Morgan fingerprint density at radius 2 is 2.10 bits per heavy atom. The van der Waals surface area contributed by atoms with Crippen LogP contribution in [0.4, 0.5) is 0 Å². The summed E-state index contributed by atoms with van der Waals surface area (Å²) in [4.78, 5) is 6.42. The molecular weight excluding hydrogens is 264 g/mol. The fraction of sp³-hybridized carbons (Fsp3) is 0.647. The zero-order chi connectivity index (χ0) is 14.5. The highest BCUT2D eigenvalue weighted by Gasteiger charge is 2.33. The van der Waals surface area contributed by atoms with Gasteiger partial charge in [-0.15, -0.1) is 11.8 Å². The molecule has 2 rings (SSSR count). The van der Waals surface area contributed by atoms with Crippen molar-refractivity contribution in [3.8, 4) is 0 Å². The normalized spacial score (nSPS) is 23.6. The first kappa shape index (κ1) is 15.9. The Balaban J connectivity index is 1.99. The van der Waals surface area contributed by atoms with E-state index in [1.165, 1.54) is 36.4 Å². The monoisotopic (exact) mass is 292 g/mol. The average Bonchev–Trinajstić information content (AvgIpc) is 2.82. The van der Waals surface area contributed by atoms with Crippen LogP contribution in [0.15, 0.2) is 29.2 Å². The SMILES string of the molecule is CCC[C@@H]1CN(Cc2cccc(SC)c2)C[C@H]1N(C)C. The molecule has 1 saturated heterocycles. The van der Waals surface area contributed by atoms with Gasteiger partial charge in [0.15, 0.2) is 0 Å². The molecule has 0 bridgehead atoms. The van der Waals surface area contributed by atoms with Crippen LogP contribution in [0, 0.1) is 5.92 Å². The summed E-state index contributed by atoms with van der Waals surface area (Å²) in [5.74, 6) is 0.832. The fourth-order valence-electron chi connectivity index (χ4n) is 3.34. The summed E-state index contributed by atoms with van der Waals surface area (Å²) in [7, 11) is 4.45. The first-order valence-electron chi connectivity index (χ1n) is 7.65. The second-order valence-corrected chi connectivity index (χ2v) is 7.00. The number of rotatable bonds is 6. The summed E-state index contributed by atoms with van der Waals surface area (Å²) < 4.78 is 0. The Bertz CT molecular complexity index is 419. The van der Waals surface area contributed by atoms with Crippen LogP contribution in [0.5, 0.6) is 0 Å². The van der Waals surface area contributed by atoms with Gasteiger partial charge in [0, 0.05) is 30.6 Å². The van der Waals surface area contributed by atoms with E-state index in [0.717, 1.165) is 18.5 Å². The van der Waals surface area contributed by atoms with Crippen LogP contribution in [-0.2, 0) is 6.54 Å². The first-order chi connectivity index (χ1) is 9.63. The minimum atomic E-state index is 0.721. The van der Waals surface area contributed by atoms with E-state index in [1.807, 2.05) is 11.8 Å². The molecule has 1 aliphatic rings. The molecule has 0 amide bonds. The van der Waals surface area contributed by atoms with Gasteiger partial charge in [-0.25, -0.2) is 0 Å². The predicted molar refractivity (Wildman–Crippen MR) is 89.4 cm³/mol. The first-order valence-corrected chi connectivity index (χ1v) is 8.88. The third kappa shape index (κ3) is 4.00. The maximum Gasteiger partial charge on any atom is 0.0257 e. The molecule has 0 N–H and O–H groups in total. The molecule has 1 aromatic rings. The lowest BCUT2D eigenvalue weighted by Crippen LogP contribution is -2.35. The molecule has 1 heterocycles. The Hall–Kier alpha value is -0.510. The molecule has 2 nitrogen and oxygen atoms in total. The van der Waals surface area contributed by atoms with Crippen molar-refractivity contribution in [1.82, 2.24) is 9.80 Å². The lowest BCUT2D eigenvalue weighted by Gasteiger charge is -2.24. The standard InChI is InChI=1S/C17H28N2S/c1-5-7-15-12-19(13-17(15)18(2)3)11-14-8-6-9-16(10-14)20-4/h6,8-10,15,17H,5,7,11-13H2,1-4H3/t15-,17-/m1/s1. The number of hydrogen-bond acceptors (Lipinski definition) is 3. The number of likely N-dealkylation sites (N-methyl/N-ethyl adjacent to an activating group) is 1. The van der Waals surface area contributed by atoms with Crippen LogP contribution in [-0.4, -0.2) is 49.3 Å². The molecule has 3 heteroatoms. The Morgan fingerprint density at radius 1 is 1.30 bits per heavy atom. The molecule has 0 radical (unpaired) electrons. The van der Waals surface area contributed by atoms with E-state index in [-0.39, 0.29) is 0 Å². The van der Waals surface area contributed by atoms with Gasteiger partial charge < -0.3 is 4.90 Å². The predicted octanol–water partition coefficient (Wildman–Crippen LogP) is 3.57. The van der Waals surface area contributed by atoms with Gasteiger partial charge in [0.25, 0.3) is 0 Å². The smallest absolute Gasteiger partial charge is 0.0257 e. The van der Waals surface area contributed by atoms with Gasteiger partial charge in [0.2, 0.25) is 0 Å². The van der Waals surface area contributed by atoms with Crippen LogP contribution in [0.2, 0.25) is 0 Å². The molecular formula is C17H28N2S. The molecule has 20 heavy (non-hydrogen) atoms. The molecule has 0 saturated carbocycles. The summed E-state index contributed by atoms with van der Waals surface area (Å²) in [5, 5.41) is 0. The molecule has 0 unspecified atom stereocenters. The topological polar surface area (TPSA) is 6.48 Å². The zero-order valence-corrected chi connectivity index (χ0v) is 14.1. The van der Waals surface area contributed by atoms with E-state index >= 15 is 0 Å². The summed E-state index contributed by atoms with van der Waals surface area (Å²) >= 11 is 1.83. The minimum Gasteiger partial charge on any atom is -0.305 e. The minimum absolute atomic E-state index is 0.721. The highest BCUT2D eigenvalue weighted by atomic mass is 32.2. The molecule has 0 aliphatic carbocycles. The van der Waals surface area contributed by atoms with Crippen LogP contribution in [0.25, 0.3) is 0 Å². The summed E-state index contributed by atoms with van der Waals surface area (Å²) in [6, 6.07) is 9.70. The number of thioether (sulfide) groups is 1. The lowest BCUT2D eigenvalue weighted by atomic mass is 9.98. The average molecular weight is 292 g/mol. The van der Waals surface area contributed by atoms with Gasteiger partial charge in [-0.1, -0.05) is 25.5 Å². The molecule has 0 spiro atoms. The molecule has 0 aromatic heterocycles. The van der Waals surface area contributed by atoms with Gasteiger partial charge >= 0.3 is 0 Å². The van der Waals surface area contributed by atoms with E-state index in [0.29, 0.717) is 0 Å². The van der Waals surface area contributed by atoms with Crippen molar-refractivity contribution in [1.29, 1.82) is 0 Å². The maximum absolute atomic E-state index is 2.63. The van der Waals surface area contributed by atoms with Crippen molar-refractivity contribution >= 4 is 11.8 Å². The van der Waals surface area contributed by atoms with Crippen LogP contribution < -0.4 is 0 Å². The number of nitrogens with zero attached hydrogens (tertiary/aromatic N) is 2. The highest BCUT2D eigenvalue weighted by molar-refractivity contribution is 7.98. The van der Waals surface area contributed by atoms with Crippen molar-refractivity contribution < 1.29 is 0 Å². The van der Waals surface area contributed by atoms with Crippen LogP contribution >= 0.6 is 11.8 Å². The number of likely N-dealkylation sites (tertiary alicyclic amines) is 1. The van der Waals surface area contributed by atoms with E-state index in [2.05, 4.69) is 61.3 Å². The van der Waals surface area contributed by atoms with Crippen molar-refractivity contribution in [2.75, 3.05) is 33.4 Å². The van der Waals surface area contributed by atoms with Crippen molar-refractivity contribution in [3.05, 3.63) is 29.8 Å². The fourth-order valence-corrected chi connectivity index (χ4v) is 3.82. The van der Waals surface area contributed by atoms with Crippen molar-refractivity contribution in [2.24, 2.45) is 5.92 Å². The van der Waals surface area contributed by atoms with E-state index in [9.17, 15) is 0 Å². The number of hydrogen-bond donors (Lipinski definition) is 0. The number of benzene rings is 1. The van der Waals surface area contributed by atoms with E-state index in [1.54, 1.807) is 0 Å². The van der Waals surface area contributed by atoms with Gasteiger partial charge in [-0.05, 0) is 50.4 Å². The third-order valence-electron chi connectivity index (χ3n) is 4.35. The van der Waals surface area contributed by atoms with Crippen molar-refractivity contribution in [2.45, 2.75) is 37.2 Å². The quantitative estimate of drug-likeness (QED) is 0.740. The van der Waals surface area contributed by atoms with Gasteiger partial charge in [-0.3, -0.25) is 4.90 Å². The second-order valence-electron chi connectivity index (χ2n) is 6.13. The van der Waals surface area contributed by atoms with Crippen LogP contribution in [0.3, 0.4) is 0 Å². The summed E-state index contributed by atoms with van der Waals surface area (Å²) in [6.45, 7) is 5.86. The maximum atomic E-state index is 2.63. The summed E-state index contributed by atoms with van der Waals surface area (Å²) in [5.41, 5.74) is 1.45. The Labute approximate surface area is 128 Å². The molecule has 1 aromatic carbocycles. The van der Waals surface area contributed by atoms with E-state index in [4.69, 9.17) is 0 Å². The molecule has 1 fully saturated rings. The lowest BCUT2D eigenvalue weighted by molar-refractivity contribution is 0.239. The largest absolute Gasteiger partial charge is 0.305 e. The Kier molecular flexibility index (Phi) is 5.94. The molecule has 112 valence electrons.